The summed E-state index contributed by atoms with van der Waals surface area (Å²) in [6.45, 7) is 4.51. The number of benzene rings is 1. The first-order valence-corrected chi connectivity index (χ1v) is 10.5. The van der Waals surface area contributed by atoms with Gasteiger partial charge < -0.3 is 21.5 Å². The number of nitrogens with zero attached hydrogens (tertiary/aromatic N) is 1. The fourth-order valence-electron chi connectivity index (χ4n) is 3.24. The number of quaternary nitrogens is 1. The van der Waals surface area contributed by atoms with Crippen LogP contribution in [0.3, 0.4) is 0 Å². The van der Waals surface area contributed by atoms with Crippen LogP contribution >= 0.6 is 23.2 Å². The van der Waals surface area contributed by atoms with Gasteiger partial charge in [0.2, 0.25) is 0 Å². The van der Waals surface area contributed by atoms with Crippen molar-refractivity contribution >= 4 is 23.2 Å². The topological polar surface area (TPSA) is 0 Å². The zero-order valence-corrected chi connectivity index (χ0v) is 19.4. The molecule has 0 N–H and O–H groups in total. The predicted octanol–water partition coefficient (Wildman–Crippen LogP) is 4.49. The van der Waals surface area contributed by atoms with Crippen molar-refractivity contribution in [3.05, 3.63) is 33.8 Å². The smallest absolute Gasteiger partial charge is 0.104 e. The molecule has 0 bridgehead atoms. The molecule has 1 aromatic rings. The van der Waals surface area contributed by atoms with Crippen LogP contribution in [0.2, 0.25) is 10.0 Å². The molecular weight excluding hydrogens is 417 g/mol. The van der Waals surface area contributed by atoms with Crippen LogP contribution in [0.1, 0.15) is 76.7 Å². The monoisotopic (exact) mass is 451 g/mol. The van der Waals surface area contributed by atoms with Gasteiger partial charge in [0.1, 0.15) is 6.54 Å². The average Bonchev–Trinajstić information content (AvgIpc) is 2.52. The van der Waals surface area contributed by atoms with Crippen LogP contribution in [0.25, 0.3) is 0 Å². The van der Waals surface area contributed by atoms with Gasteiger partial charge in [0.15, 0.2) is 0 Å². The van der Waals surface area contributed by atoms with Crippen molar-refractivity contribution < 1.29 is 21.5 Å². The van der Waals surface area contributed by atoms with E-state index in [4.69, 9.17) is 23.2 Å². The maximum atomic E-state index is 6.12. The summed E-state index contributed by atoms with van der Waals surface area (Å²) in [5.74, 6) is 0. The van der Waals surface area contributed by atoms with Gasteiger partial charge in [-0.25, -0.2) is 0 Å². The Morgan fingerprint density at radius 2 is 1.28 bits per heavy atom. The van der Waals surface area contributed by atoms with E-state index in [1.807, 2.05) is 12.1 Å². The van der Waals surface area contributed by atoms with E-state index in [0.717, 1.165) is 11.0 Å². The molecule has 146 valence electrons. The Kier molecular flexibility index (Phi) is 14.5. The molecule has 0 spiro atoms. The molecule has 0 aliphatic heterocycles. The highest BCUT2D eigenvalue weighted by atomic mass is 79.9. The lowest BCUT2D eigenvalue weighted by molar-refractivity contribution is -0.903. The van der Waals surface area contributed by atoms with E-state index in [1.165, 1.54) is 76.3 Å². The zero-order valence-electron chi connectivity index (χ0n) is 16.3. The Morgan fingerprint density at radius 1 is 0.760 bits per heavy atom. The van der Waals surface area contributed by atoms with Gasteiger partial charge in [-0.1, -0.05) is 87.6 Å². The molecule has 0 radical (unpaired) electrons. The van der Waals surface area contributed by atoms with E-state index in [9.17, 15) is 0 Å². The summed E-state index contributed by atoms with van der Waals surface area (Å²) < 4.78 is 1.01. The second kappa shape index (κ2) is 14.3. The lowest BCUT2D eigenvalue weighted by Gasteiger charge is -2.30. The average molecular weight is 453 g/mol. The summed E-state index contributed by atoms with van der Waals surface area (Å²) in [4.78, 5) is 0. The van der Waals surface area contributed by atoms with E-state index < -0.39 is 0 Å². The Bertz CT molecular complexity index is 463. The fraction of sp³-hybridized carbons (Fsp3) is 0.714. The number of rotatable bonds is 13. The van der Waals surface area contributed by atoms with Gasteiger partial charge in [-0.2, -0.15) is 0 Å². The molecule has 0 unspecified atom stereocenters. The van der Waals surface area contributed by atoms with Crippen molar-refractivity contribution in [2.24, 2.45) is 0 Å². The summed E-state index contributed by atoms with van der Waals surface area (Å²) in [6, 6.07) is 5.99. The van der Waals surface area contributed by atoms with Crippen LogP contribution in [0, 0.1) is 0 Å². The van der Waals surface area contributed by atoms with Crippen LogP contribution in [0.15, 0.2) is 18.2 Å². The number of hydrogen-bond donors (Lipinski definition) is 0. The highest BCUT2D eigenvalue weighted by molar-refractivity contribution is 6.42. The van der Waals surface area contributed by atoms with Crippen LogP contribution in [0.5, 0.6) is 0 Å². The largest absolute Gasteiger partial charge is 1.00 e. The van der Waals surface area contributed by atoms with Gasteiger partial charge in [0.25, 0.3) is 0 Å². The van der Waals surface area contributed by atoms with Crippen LogP contribution < -0.4 is 17.0 Å². The Labute approximate surface area is 176 Å². The van der Waals surface area contributed by atoms with Crippen molar-refractivity contribution in [1.29, 1.82) is 0 Å². The normalized spacial score (nSPS) is 11.4. The SMILES string of the molecule is CCCCCCCCCCCC[N+](C)(C)Cc1ccc(Cl)c(Cl)c1.[Br-]. The van der Waals surface area contributed by atoms with Gasteiger partial charge in [-0.3, -0.25) is 0 Å². The van der Waals surface area contributed by atoms with Crippen molar-refractivity contribution in [1.82, 2.24) is 0 Å². The molecule has 1 nitrogen and oxygen atoms in total. The third-order valence-electron chi connectivity index (χ3n) is 4.71. The molecule has 25 heavy (non-hydrogen) atoms. The highest BCUT2D eigenvalue weighted by Crippen LogP contribution is 2.24. The van der Waals surface area contributed by atoms with Crippen LogP contribution in [0.4, 0.5) is 0 Å². The zero-order chi connectivity index (χ0) is 17.8. The molecule has 0 aliphatic rings. The summed E-state index contributed by atoms with van der Waals surface area (Å²) in [6.07, 6.45) is 13.9. The van der Waals surface area contributed by atoms with Gasteiger partial charge in [-0.15, -0.1) is 0 Å². The second-order valence-electron chi connectivity index (χ2n) is 7.75. The van der Waals surface area contributed by atoms with Crippen LogP contribution in [-0.4, -0.2) is 25.1 Å². The minimum Gasteiger partial charge on any atom is -1.00 e. The van der Waals surface area contributed by atoms with E-state index in [1.54, 1.807) is 0 Å². The third-order valence-corrected chi connectivity index (χ3v) is 5.45. The van der Waals surface area contributed by atoms with Gasteiger partial charge in [0.05, 0.1) is 30.7 Å². The molecule has 0 aromatic heterocycles. The van der Waals surface area contributed by atoms with Crippen molar-refractivity contribution in [3.63, 3.8) is 0 Å². The summed E-state index contributed by atoms with van der Waals surface area (Å²) in [5.41, 5.74) is 1.27. The first-order chi connectivity index (χ1) is 11.4. The van der Waals surface area contributed by atoms with E-state index in [2.05, 4.69) is 27.1 Å². The summed E-state index contributed by atoms with van der Waals surface area (Å²) >= 11 is 12.1. The number of halogens is 3. The van der Waals surface area contributed by atoms with E-state index in [0.29, 0.717) is 10.0 Å². The van der Waals surface area contributed by atoms with Crippen molar-refractivity contribution in [2.75, 3.05) is 20.6 Å². The molecule has 0 amide bonds. The molecule has 0 saturated heterocycles. The molecular formula is C21H36BrCl2N. The van der Waals surface area contributed by atoms with Crippen LogP contribution in [-0.2, 0) is 6.54 Å². The van der Waals surface area contributed by atoms with Crippen molar-refractivity contribution in [2.45, 2.75) is 77.7 Å². The van der Waals surface area contributed by atoms with Gasteiger partial charge in [-0.05, 0) is 25.0 Å². The molecule has 1 aromatic carbocycles. The fourth-order valence-corrected chi connectivity index (χ4v) is 3.56. The maximum absolute atomic E-state index is 6.12. The van der Waals surface area contributed by atoms with Gasteiger partial charge in [0, 0.05) is 5.56 Å². The first kappa shape index (κ1) is 25.2. The Balaban J connectivity index is 0.00000576. The lowest BCUT2D eigenvalue weighted by atomic mass is 10.1. The predicted molar refractivity (Wildman–Crippen MR) is 109 cm³/mol. The number of unbranched alkanes of at least 4 members (excludes halogenated alkanes) is 9. The molecule has 1 rings (SSSR count). The molecule has 0 saturated carbocycles. The minimum atomic E-state index is 0. The first-order valence-electron chi connectivity index (χ1n) is 9.70. The third kappa shape index (κ3) is 12.3. The quantitative estimate of drug-likeness (QED) is 0.305. The van der Waals surface area contributed by atoms with Gasteiger partial charge >= 0.3 is 0 Å². The highest BCUT2D eigenvalue weighted by Gasteiger charge is 2.16. The van der Waals surface area contributed by atoms with E-state index >= 15 is 0 Å². The summed E-state index contributed by atoms with van der Waals surface area (Å²) in [5, 5.41) is 1.30. The second-order valence-corrected chi connectivity index (χ2v) is 8.56. The molecule has 0 aliphatic carbocycles. The molecule has 0 fully saturated rings. The standard InChI is InChI=1S/C21H36Cl2N.BrH/c1-4-5-6-7-8-9-10-11-12-13-16-24(2,3)18-19-14-15-20(22)21(23)17-19;/h14-15,17H,4-13,16,18H2,1-3H3;1H/q+1;/p-1. The minimum absolute atomic E-state index is 0. The number of hydrogen-bond acceptors (Lipinski definition) is 0. The molecule has 4 heteroatoms. The Hall–Kier alpha value is 0.240. The lowest BCUT2D eigenvalue weighted by Crippen LogP contribution is -3.00. The molecule has 0 heterocycles. The van der Waals surface area contributed by atoms with Crippen molar-refractivity contribution in [3.8, 4) is 0 Å². The summed E-state index contributed by atoms with van der Waals surface area (Å²) in [7, 11) is 4.60. The molecule has 0 atom stereocenters. The maximum Gasteiger partial charge on any atom is 0.104 e. The Morgan fingerprint density at radius 3 is 1.80 bits per heavy atom. The van der Waals surface area contributed by atoms with E-state index in [-0.39, 0.29) is 17.0 Å².